The molecule has 0 fully saturated rings. The quantitative estimate of drug-likeness (QED) is 0.364. The van der Waals surface area contributed by atoms with Crippen molar-refractivity contribution in [3.8, 4) is 16.9 Å². The Morgan fingerprint density at radius 3 is 2.37 bits per heavy atom. The first kappa shape index (κ1) is 24.0. The number of aromatic nitrogens is 2. The molecule has 1 heterocycles. The summed E-state index contributed by atoms with van der Waals surface area (Å²) in [6.07, 6.45) is -3.97. The van der Waals surface area contributed by atoms with E-state index in [-0.39, 0.29) is 23.9 Å². The molecule has 180 valence electrons. The minimum Gasteiger partial charge on any atom is -0.394 e. The van der Waals surface area contributed by atoms with Crippen LogP contribution in [0, 0.1) is 0 Å². The second kappa shape index (κ2) is 10.0. The molecule has 4 aromatic rings. The Hall–Kier alpha value is -4.11. The molecule has 4 rings (SSSR count). The number of hydrogen-bond acceptors (Lipinski definition) is 4. The minimum absolute atomic E-state index is 0.207. The van der Waals surface area contributed by atoms with Gasteiger partial charge in [-0.15, -0.1) is 0 Å². The molecule has 35 heavy (non-hydrogen) atoms. The Balaban J connectivity index is 1.49. The standard InChI is InChI=1S/C26H23F3N4O2/c27-26(28,29)20-8-4-7-19(14-20)23-15-24(30)33(32-23)22-11-9-18(10-12-22)25(35)31-21(16-34)13-17-5-2-1-3-6-17/h1-12,14-15,21,34H,13,16,30H2,(H,31,35)/t21-/m0/s1. The van der Waals surface area contributed by atoms with Gasteiger partial charge in [0.25, 0.3) is 5.91 Å². The maximum atomic E-state index is 13.1. The van der Waals surface area contributed by atoms with Gasteiger partial charge in [0.1, 0.15) is 5.82 Å². The molecular weight excluding hydrogens is 457 g/mol. The van der Waals surface area contributed by atoms with Crippen LogP contribution in [0.4, 0.5) is 19.0 Å². The molecule has 0 radical (unpaired) electrons. The van der Waals surface area contributed by atoms with Crippen LogP contribution in [0.3, 0.4) is 0 Å². The van der Waals surface area contributed by atoms with Crippen LogP contribution in [0.5, 0.6) is 0 Å². The summed E-state index contributed by atoms with van der Waals surface area (Å²) in [5.41, 5.74) is 7.78. The van der Waals surface area contributed by atoms with Crippen LogP contribution in [0.2, 0.25) is 0 Å². The average molecular weight is 480 g/mol. The fourth-order valence-corrected chi connectivity index (χ4v) is 3.68. The summed E-state index contributed by atoms with van der Waals surface area (Å²) in [5, 5.41) is 16.8. The zero-order valence-corrected chi connectivity index (χ0v) is 18.5. The lowest BCUT2D eigenvalue weighted by atomic mass is 10.1. The van der Waals surface area contributed by atoms with E-state index in [4.69, 9.17) is 5.73 Å². The number of aliphatic hydroxyl groups is 1. The Morgan fingerprint density at radius 2 is 1.71 bits per heavy atom. The predicted octanol–water partition coefficient (Wildman–Crippen LogP) is 4.47. The third-order valence-corrected chi connectivity index (χ3v) is 5.48. The van der Waals surface area contributed by atoms with Gasteiger partial charge in [0.15, 0.2) is 0 Å². The van der Waals surface area contributed by atoms with Crippen LogP contribution in [-0.4, -0.2) is 33.4 Å². The molecule has 4 N–H and O–H groups in total. The number of alkyl halides is 3. The molecule has 9 heteroatoms. The van der Waals surface area contributed by atoms with Gasteiger partial charge in [0.05, 0.1) is 29.6 Å². The van der Waals surface area contributed by atoms with Gasteiger partial charge in [-0.1, -0.05) is 42.5 Å². The van der Waals surface area contributed by atoms with Crippen molar-refractivity contribution < 1.29 is 23.1 Å². The van der Waals surface area contributed by atoms with E-state index in [1.165, 1.54) is 22.9 Å². The van der Waals surface area contributed by atoms with Crippen molar-refractivity contribution in [2.75, 3.05) is 12.3 Å². The Labute approximate surface area is 199 Å². The average Bonchev–Trinajstić information content (AvgIpc) is 3.25. The summed E-state index contributed by atoms with van der Waals surface area (Å²) in [6.45, 7) is -0.207. The van der Waals surface area contributed by atoms with Gasteiger partial charge < -0.3 is 16.2 Å². The lowest BCUT2D eigenvalue weighted by molar-refractivity contribution is -0.137. The summed E-state index contributed by atoms with van der Waals surface area (Å²) in [7, 11) is 0. The number of rotatable bonds is 7. The lowest BCUT2D eigenvalue weighted by Crippen LogP contribution is -2.39. The molecule has 0 aliphatic heterocycles. The third kappa shape index (κ3) is 5.70. The number of nitrogens with zero attached hydrogens (tertiary/aromatic N) is 2. The van der Waals surface area contributed by atoms with Gasteiger partial charge in [-0.25, -0.2) is 4.68 Å². The number of aliphatic hydroxyl groups excluding tert-OH is 1. The van der Waals surface area contributed by atoms with Crippen molar-refractivity contribution in [1.82, 2.24) is 15.1 Å². The van der Waals surface area contributed by atoms with E-state index in [9.17, 15) is 23.1 Å². The molecule has 1 aromatic heterocycles. The van der Waals surface area contributed by atoms with Crippen LogP contribution >= 0.6 is 0 Å². The molecular formula is C26H23F3N4O2. The van der Waals surface area contributed by atoms with Crippen molar-refractivity contribution >= 4 is 11.7 Å². The smallest absolute Gasteiger partial charge is 0.394 e. The maximum Gasteiger partial charge on any atom is 0.416 e. The first-order chi connectivity index (χ1) is 16.7. The highest BCUT2D eigenvalue weighted by Gasteiger charge is 2.30. The van der Waals surface area contributed by atoms with E-state index in [0.29, 0.717) is 23.4 Å². The summed E-state index contributed by atoms with van der Waals surface area (Å²) in [4.78, 5) is 12.7. The van der Waals surface area contributed by atoms with Gasteiger partial charge in [0.2, 0.25) is 0 Å². The topological polar surface area (TPSA) is 93.2 Å². The molecule has 0 spiro atoms. The SMILES string of the molecule is Nc1cc(-c2cccc(C(F)(F)F)c2)nn1-c1ccc(C(=O)N[C@H](CO)Cc2ccccc2)cc1. The zero-order valence-electron chi connectivity index (χ0n) is 18.5. The fraction of sp³-hybridized carbons (Fsp3) is 0.154. The van der Waals surface area contributed by atoms with Crippen molar-refractivity contribution in [2.45, 2.75) is 18.6 Å². The van der Waals surface area contributed by atoms with Crippen LogP contribution in [0.25, 0.3) is 16.9 Å². The van der Waals surface area contributed by atoms with Gasteiger partial charge in [-0.3, -0.25) is 4.79 Å². The summed E-state index contributed by atoms with van der Waals surface area (Å²) < 4.78 is 40.5. The molecule has 0 bridgehead atoms. The van der Waals surface area contributed by atoms with E-state index in [2.05, 4.69) is 10.4 Å². The molecule has 0 aliphatic rings. The van der Waals surface area contributed by atoms with Crippen molar-refractivity contribution in [1.29, 1.82) is 0 Å². The molecule has 3 aromatic carbocycles. The Kier molecular flexibility index (Phi) is 6.88. The zero-order chi connectivity index (χ0) is 25.0. The molecule has 0 saturated heterocycles. The number of anilines is 1. The monoisotopic (exact) mass is 480 g/mol. The highest BCUT2D eigenvalue weighted by Crippen LogP contribution is 2.32. The number of carbonyl (C=O) groups excluding carboxylic acids is 1. The Bertz CT molecular complexity index is 1300. The van der Waals surface area contributed by atoms with Crippen LogP contribution in [-0.2, 0) is 12.6 Å². The summed E-state index contributed by atoms with van der Waals surface area (Å²) in [6, 6.07) is 21.9. The largest absolute Gasteiger partial charge is 0.416 e. The minimum atomic E-state index is -4.46. The summed E-state index contributed by atoms with van der Waals surface area (Å²) in [5.74, 6) is -0.109. The van der Waals surface area contributed by atoms with Gasteiger partial charge in [-0.05, 0) is 48.4 Å². The van der Waals surface area contributed by atoms with Crippen LogP contribution < -0.4 is 11.1 Å². The van der Waals surface area contributed by atoms with E-state index in [0.717, 1.165) is 17.7 Å². The van der Waals surface area contributed by atoms with Crippen LogP contribution in [0.15, 0.2) is 84.9 Å². The lowest BCUT2D eigenvalue weighted by Gasteiger charge is -2.16. The fourth-order valence-electron chi connectivity index (χ4n) is 3.68. The number of carbonyl (C=O) groups is 1. The second-order valence-electron chi connectivity index (χ2n) is 8.03. The number of halogens is 3. The first-order valence-electron chi connectivity index (χ1n) is 10.8. The second-order valence-corrected chi connectivity index (χ2v) is 8.03. The van der Waals surface area contributed by atoms with E-state index in [1.54, 1.807) is 24.3 Å². The molecule has 0 unspecified atom stereocenters. The van der Waals surface area contributed by atoms with E-state index in [1.807, 2.05) is 30.3 Å². The van der Waals surface area contributed by atoms with E-state index < -0.39 is 17.8 Å². The number of nitrogens with one attached hydrogen (secondary N) is 1. The molecule has 6 nitrogen and oxygen atoms in total. The highest BCUT2D eigenvalue weighted by molar-refractivity contribution is 5.94. The summed E-state index contributed by atoms with van der Waals surface area (Å²) >= 11 is 0. The number of nitrogens with two attached hydrogens (primary N) is 1. The van der Waals surface area contributed by atoms with E-state index >= 15 is 0 Å². The number of nitrogen functional groups attached to an aromatic ring is 1. The number of benzene rings is 3. The molecule has 0 aliphatic carbocycles. The number of amides is 1. The third-order valence-electron chi connectivity index (χ3n) is 5.48. The molecule has 1 atom stereocenters. The first-order valence-corrected chi connectivity index (χ1v) is 10.8. The van der Waals surface area contributed by atoms with Gasteiger partial charge in [-0.2, -0.15) is 18.3 Å². The molecule has 1 amide bonds. The van der Waals surface area contributed by atoms with Crippen molar-refractivity contribution in [3.63, 3.8) is 0 Å². The van der Waals surface area contributed by atoms with Gasteiger partial charge in [0, 0.05) is 17.2 Å². The van der Waals surface area contributed by atoms with Crippen LogP contribution in [0.1, 0.15) is 21.5 Å². The Morgan fingerprint density at radius 1 is 1.00 bits per heavy atom. The molecule has 0 saturated carbocycles. The van der Waals surface area contributed by atoms with Crippen molar-refractivity contribution in [3.05, 3.63) is 102 Å². The maximum absolute atomic E-state index is 13.1. The number of hydrogen-bond donors (Lipinski definition) is 3. The highest BCUT2D eigenvalue weighted by atomic mass is 19.4. The predicted molar refractivity (Wildman–Crippen MR) is 127 cm³/mol. The van der Waals surface area contributed by atoms with Crippen molar-refractivity contribution in [2.24, 2.45) is 0 Å². The normalized spacial score (nSPS) is 12.3. The van der Waals surface area contributed by atoms with Gasteiger partial charge >= 0.3 is 6.18 Å².